The van der Waals surface area contributed by atoms with E-state index in [4.69, 9.17) is 27.9 Å². The average molecular weight is 321 g/mol. The number of hydrogen-bond acceptors (Lipinski definition) is 3. The Morgan fingerprint density at radius 1 is 1.25 bits per heavy atom. The minimum Gasteiger partial charge on any atom is -0.396 e. The first kappa shape index (κ1) is 17.7. The summed E-state index contributed by atoms with van der Waals surface area (Å²) in [4.78, 5) is 0. The van der Waals surface area contributed by atoms with E-state index in [9.17, 15) is 10.2 Å². The summed E-state index contributed by atoms with van der Waals surface area (Å²) >= 11 is 12.1. The number of aliphatic hydroxyl groups excluding tert-OH is 1. The largest absolute Gasteiger partial charge is 0.396 e. The highest BCUT2D eigenvalue weighted by Gasteiger charge is 2.25. The van der Waals surface area contributed by atoms with E-state index in [2.05, 4.69) is 0 Å². The van der Waals surface area contributed by atoms with Crippen molar-refractivity contribution in [3.63, 3.8) is 0 Å². The van der Waals surface area contributed by atoms with Crippen molar-refractivity contribution in [3.8, 4) is 0 Å². The van der Waals surface area contributed by atoms with Gasteiger partial charge in [0.05, 0.1) is 6.61 Å². The Labute approximate surface area is 130 Å². The molecule has 20 heavy (non-hydrogen) atoms. The molecule has 0 spiro atoms. The van der Waals surface area contributed by atoms with Gasteiger partial charge in [-0.05, 0) is 37.0 Å². The SMILES string of the molecule is CCC(O)(CC)OCC(CCO)c1ccc(Cl)cc1Cl. The first-order valence-electron chi connectivity index (χ1n) is 6.88. The molecule has 1 rings (SSSR count). The molecule has 1 aromatic rings. The van der Waals surface area contributed by atoms with E-state index in [0.29, 0.717) is 35.9 Å². The highest BCUT2D eigenvalue weighted by atomic mass is 35.5. The van der Waals surface area contributed by atoms with Crippen molar-refractivity contribution in [2.45, 2.75) is 44.8 Å². The maximum Gasteiger partial charge on any atom is 0.164 e. The van der Waals surface area contributed by atoms with Crippen LogP contribution in [0.3, 0.4) is 0 Å². The van der Waals surface area contributed by atoms with Crippen LogP contribution in [0.15, 0.2) is 18.2 Å². The Morgan fingerprint density at radius 3 is 2.40 bits per heavy atom. The monoisotopic (exact) mass is 320 g/mol. The Bertz CT molecular complexity index is 420. The van der Waals surface area contributed by atoms with Crippen molar-refractivity contribution in [2.75, 3.05) is 13.2 Å². The van der Waals surface area contributed by atoms with Crippen molar-refractivity contribution in [1.29, 1.82) is 0 Å². The average Bonchev–Trinajstić information content (AvgIpc) is 2.43. The molecule has 0 heterocycles. The van der Waals surface area contributed by atoms with Gasteiger partial charge < -0.3 is 14.9 Å². The lowest BCUT2D eigenvalue weighted by Crippen LogP contribution is -2.32. The van der Waals surface area contributed by atoms with E-state index >= 15 is 0 Å². The first-order chi connectivity index (χ1) is 9.45. The molecule has 0 aromatic heterocycles. The van der Waals surface area contributed by atoms with Crippen LogP contribution in [0.5, 0.6) is 0 Å². The fourth-order valence-corrected chi connectivity index (χ4v) is 2.59. The van der Waals surface area contributed by atoms with E-state index in [-0.39, 0.29) is 12.5 Å². The number of rotatable bonds is 8. The van der Waals surface area contributed by atoms with Gasteiger partial charge in [-0.3, -0.25) is 0 Å². The quantitative estimate of drug-likeness (QED) is 0.712. The van der Waals surface area contributed by atoms with Gasteiger partial charge in [0.1, 0.15) is 0 Å². The molecular formula is C15H22Cl2O3. The zero-order chi connectivity index (χ0) is 15.2. The van der Waals surface area contributed by atoms with Crippen LogP contribution in [0.2, 0.25) is 10.0 Å². The number of ether oxygens (including phenoxy) is 1. The third kappa shape index (κ3) is 4.90. The predicted molar refractivity (Wildman–Crippen MR) is 82.4 cm³/mol. The Balaban J connectivity index is 2.83. The zero-order valence-corrected chi connectivity index (χ0v) is 13.4. The van der Waals surface area contributed by atoms with E-state index in [0.717, 1.165) is 5.56 Å². The molecular weight excluding hydrogens is 299 g/mol. The molecule has 0 bridgehead atoms. The van der Waals surface area contributed by atoms with Gasteiger partial charge in [-0.25, -0.2) is 0 Å². The van der Waals surface area contributed by atoms with Gasteiger partial charge >= 0.3 is 0 Å². The van der Waals surface area contributed by atoms with Crippen molar-refractivity contribution in [3.05, 3.63) is 33.8 Å². The van der Waals surface area contributed by atoms with Crippen LogP contribution in [-0.4, -0.2) is 29.2 Å². The summed E-state index contributed by atoms with van der Waals surface area (Å²) in [6.45, 7) is 4.09. The lowest BCUT2D eigenvalue weighted by molar-refractivity contribution is -0.209. The van der Waals surface area contributed by atoms with Gasteiger partial charge in [-0.15, -0.1) is 0 Å². The molecule has 0 saturated carbocycles. The van der Waals surface area contributed by atoms with Crippen molar-refractivity contribution >= 4 is 23.2 Å². The molecule has 0 aliphatic carbocycles. The van der Waals surface area contributed by atoms with Crippen molar-refractivity contribution in [1.82, 2.24) is 0 Å². The van der Waals surface area contributed by atoms with Gasteiger partial charge in [0.15, 0.2) is 5.79 Å². The van der Waals surface area contributed by atoms with Crippen molar-refractivity contribution < 1.29 is 14.9 Å². The fraction of sp³-hybridized carbons (Fsp3) is 0.600. The standard InChI is InChI=1S/C15H22Cl2O3/c1-3-15(19,4-2)20-10-11(7-8-18)13-6-5-12(16)9-14(13)17/h5-6,9,11,18-19H,3-4,7-8,10H2,1-2H3. The lowest BCUT2D eigenvalue weighted by atomic mass is 9.96. The van der Waals surface area contributed by atoms with Gasteiger partial charge in [-0.1, -0.05) is 43.1 Å². The Morgan fingerprint density at radius 2 is 1.90 bits per heavy atom. The van der Waals surface area contributed by atoms with Crippen LogP contribution < -0.4 is 0 Å². The van der Waals surface area contributed by atoms with E-state index < -0.39 is 5.79 Å². The third-order valence-corrected chi connectivity index (χ3v) is 4.10. The van der Waals surface area contributed by atoms with Crippen LogP contribution in [0.25, 0.3) is 0 Å². The molecule has 5 heteroatoms. The molecule has 0 fully saturated rings. The summed E-state index contributed by atoms with van der Waals surface area (Å²) < 4.78 is 5.64. The molecule has 0 aliphatic rings. The summed E-state index contributed by atoms with van der Waals surface area (Å²) in [5.41, 5.74) is 0.875. The molecule has 0 saturated heterocycles. The number of hydrogen-bond donors (Lipinski definition) is 2. The zero-order valence-electron chi connectivity index (χ0n) is 11.9. The molecule has 0 amide bonds. The van der Waals surface area contributed by atoms with Crippen LogP contribution in [0.4, 0.5) is 0 Å². The number of benzene rings is 1. The molecule has 1 aromatic carbocycles. The smallest absolute Gasteiger partial charge is 0.164 e. The molecule has 3 nitrogen and oxygen atoms in total. The fourth-order valence-electron chi connectivity index (χ4n) is 2.03. The van der Waals surface area contributed by atoms with E-state index in [1.165, 1.54) is 0 Å². The van der Waals surface area contributed by atoms with Gasteiger partial charge in [0.2, 0.25) is 0 Å². The maximum absolute atomic E-state index is 10.2. The van der Waals surface area contributed by atoms with E-state index in [1.54, 1.807) is 12.1 Å². The summed E-state index contributed by atoms with van der Waals surface area (Å²) in [5, 5.41) is 20.5. The molecule has 2 N–H and O–H groups in total. The summed E-state index contributed by atoms with van der Waals surface area (Å²) in [7, 11) is 0. The summed E-state index contributed by atoms with van der Waals surface area (Å²) in [5.74, 6) is -1.19. The number of halogens is 2. The highest BCUT2D eigenvalue weighted by Crippen LogP contribution is 2.31. The molecule has 1 atom stereocenters. The Hall–Kier alpha value is -0.320. The van der Waals surface area contributed by atoms with Gasteiger partial charge in [0, 0.05) is 22.6 Å². The van der Waals surface area contributed by atoms with Crippen LogP contribution in [0, 0.1) is 0 Å². The lowest BCUT2D eigenvalue weighted by Gasteiger charge is -2.28. The third-order valence-electron chi connectivity index (χ3n) is 3.54. The molecule has 1 unspecified atom stereocenters. The van der Waals surface area contributed by atoms with Crippen LogP contribution >= 0.6 is 23.2 Å². The molecule has 114 valence electrons. The van der Waals surface area contributed by atoms with Crippen LogP contribution in [-0.2, 0) is 4.74 Å². The second kappa shape index (κ2) is 8.20. The summed E-state index contributed by atoms with van der Waals surface area (Å²) in [6.07, 6.45) is 1.55. The second-order valence-electron chi connectivity index (χ2n) is 4.84. The highest BCUT2D eigenvalue weighted by molar-refractivity contribution is 6.35. The number of aliphatic hydroxyl groups is 2. The Kier molecular flexibility index (Phi) is 7.27. The van der Waals surface area contributed by atoms with Crippen LogP contribution in [0.1, 0.15) is 44.6 Å². The molecule has 0 radical (unpaired) electrons. The van der Waals surface area contributed by atoms with Gasteiger partial charge in [0.25, 0.3) is 0 Å². The van der Waals surface area contributed by atoms with E-state index in [1.807, 2.05) is 19.9 Å². The minimum absolute atomic E-state index is 0.0314. The summed E-state index contributed by atoms with van der Waals surface area (Å²) in [6, 6.07) is 5.28. The normalized spacial score (nSPS) is 13.5. The molecule has 0 aliphatic heterocycles. The predicted octanol–water partition coefficient (Wildman–Crippen LogP) is 3.98. The van der Waals surface area contributed by atoms with Crippen molar-refractivity contribution in [2.24, 2.45) is 0 Å². The topological polar surface area (TPSA) is 49.7 Å². The maximum atomic E-state index is 10.2. The van der Waals surface area contributed by atoms with Gasteiger partial charge in [-0.2, -0.15) is 0 Å². The minimum atomic E-state index is -1.12. The first-order valence-corrected chi connectivity index (χ1v) is 7.63. The second-order valence-corrected chi connectivity index (χ2v) is 5.68.